The van der Waals surface area contributed by atoms with Gasteiger partial charge >= 0.3 is 0 Å². The SMILES string of the molecule is CC1CCC(n2cnc(Cl)c(I)c2=O)CC1. The fourth-order valence-corrected chi connectivity index (χ4v) is 2.75. The van der Waals surface area contributed by atoms with Gasteiger partial charge in [0.05, 0.1) is 6.33 Å². The fourth-order valence-electron chi connectivity index (χ4n) is 2.20. The van der Waals surface area contributed by atoms with Gasteiger partial charge in [0, 0.05) is 6.04 Å². The highest BCUT2D eigenvalue weighted by Crippen LogP contribution is 2.30. The molecule has 1 fully saturated rings. The molecule has 1 aliphatic carbocycles. The molecule has 1 aromatic heterocycles. The van der Waals surface area contributed by atoms with Crippen LogP contribution >= 0.6 is 34.2 Å². The Hall–Kier alpha value is -0.100. The van der Waals surface area contributed by atoms with Crippen molar-refractivity contribution in [3.8, 4) is 0 Å². The maximum Gasteiger partial charge on any atom is 0.268 e. The standard InChI is InChI=1S/C11H14ClIN2O/c1-7-2-4-8(5-3-7)15-6-14-10(12)9(13)11(15)16/h6-8H,2-5H2,1H3. The van der Waals surface area contributed by atoms with Crippen molar-refractivity contribution < 1.29 is 0 Å². The van der Waals surface area contributed by atoms with Gasteiger partial charge in [-0.25, -0.2) is 4.98 Å². The van der Waals surface area contributed by atoms with E-state index in [0.29, 0.717) is 14.8 Å². The molecule has 3 nitrogen and oxygen atoms in total. The molecular weight excluding hydrogens is 338 g/mol. The Kier molecular flexibility index (Phi) is 3.89. The van der Waals surface area contributed by atoms with Crippen molar-refractivity contribution in [2.24, 2.45) is 5.92 Å². The van der Waals surface area contributed by atoms with Gasteiger partial charge in [-0.15, -0.1) is 0 Å². The van der Waals surface area contributed by atoms with E-state index >= 15 is 0 Å². The maximum absolute atomic E-state index is 12.0. The predicted octanol–water partition coefficient (Wildman–Crippen LogP) is 3.25. The average molecular weight is 353 g/mol. The molecule has 0 aromatic carbocycles. The van der Waals surface area contributed by atoms with Crippen LogP contribution in [0.1, 0.15) is 38.6 Å². The van der Waals surface area contributed by atoms with Gasteiger partial charge in [0.15, 0.2) is 0 Å². The first-order valence-corrected chi connectivity index (χ1v) is 6.97. The number of halogens is 2. The quantitative estimate of drug-likeness (QED) is 0.574. The molecule has 1 heterocycles. The molecule has 0 amide bonds. The van der Waals surface area contributed by atoms with E-state index in [1.54, 1.807) is 10.9 Å². The molecule has 88 valence electrons. The number of hydrogen-bond acceptors (Lipinski definition) is 2. The fraction of sp³-hybridized carbons (Fsp3) is 0.636. The molecule has 1 aromatic rings. The highest BCUT2D eigenvalue weighted by molar-refractivity contribution is 14.1. The topological polar surface area (TPSA) is 34.9 Å². The van der Waals surface area contributed by atoms with Crippen LogP contribution in [-0.4, -0.2) is 9.55 Å². The second-order valence-corrected chi connectivity index (χ2v) is 5.91. The summed E-state index contributed by atoms with van der Waals surface area (Å²) in [6, 6.07) is 0.307. The molecule has 5 heteroatoms. The Morgan fingerprint density at radius 3 is 2.69 bits per heavy atom. The van der Waals surface area contributed by atoms with Crippen molar-refractivity contribution in [1.29, 1.82) is 0 Å². The Balaban J connectivity index is 2.28. The number of rotatable bonds is 1. The molecular formula is C11H14ClIN2O. The van der Waals surface area contributed by atoms with Crippen LogP contribution in [0, 0.1) is 9.49 Å². The zero-order valence-corrected chi connectivity index (χ0v) is 12.0. The van der Waals surface area contributed by atoms with E-state index in [-0.39, 0.29) is 5.56 Å². The summed E-state index contributed by atoms with van der Waals surface area (Å²) in [5.74, 6) is 0.784. The Morgan fingerprint density at radius 1 is 1.44 bits per heavy atom. The Bertz CT molecular complexity index is 438. The molecule has 2 rings (SSSR count). The summed E-state index contributed by atoms with van der Waals surface area (Å²) in [6.45, 7) is 2.27. The number of aromatic nitrogens is 2. The third-order valence-corrected chi connectivity index (χ3v) is 4.86. The molecule has 0 aliphatic heterocycles. The largest absolute Gasteiger partial charge is 0.295 e. The molecule has 0 bridgehead atoms. The van der Waals surface area contributed by atoms with Crippen molar-refractivity contribution in [1.82, 2.24) is 9.55 Å². The lowest BCUT2D eigenvalue weighted by Gasteiger charge is -2.27. The van der Waals surface area contributed by atoms with Crippen molar-refractivity contribution >= 4 is 34.2 Å². The van der Waals surface area contributed by atoms with Crippen molar-refractivity contribution in [2.75, 3.05) is 0 Å². The van der Waals surface area contributed by atoms with E-state index in [9.17, 15) is 4.79 Å². The lowest BCUT2D eigenvalue weighted by atomic mass is 9.87. The second kappa shape index (κ2) is 5.04. The molecule has 0 atom stereocenters. The van der Waals surface area contributed by atoms with Gasteiger partial charge in [-0.2, -0.15) is 0 Å². The van der Waals surface area contributed by atoms with E-state index in [0.717, 1.165) is 18.8 Å². The van der Waals surface area contributed by atoms with Crippen LogP contribution in [0.4, 0.5) is 0 Å². The summed E-state index contributed by atoms with van der Waals surface area (Å²) in [5, 5.41) is 0.311. The van der Waals surface area contributed by atoms with Gasteiger partial charge < -0.3 is 0 Å². The van der Waals surface area contributed by atoms with Gasteiger partial charge in [-0.05, 0) is 54.2 Å². The minimum atomic E-state index is 0.000142. The molecule has 0 radical (unpaired) electrons. The lowest BCUT2D eigenvalue weighted by Crippen LogP contribution is -2.29. The lowest BCUT2D eigenvalue weighted by molar-refractivity contribution is 0.283. The summed E-state index contributed by atoms with van der Waals surface area (Å²) >= 11 is 7.78. The Labute approximate surface area is 113 Å². The number of nitrogens with zero attached hydrogens (tertiary/aromatic N) is 2. The summed E-state index contributed by atoms with van der Waals surface area (Å²) in [5.41, 5.74) is 0.000142. The minimum Gasteiger partial charge on any atom is -0.295 e. The van der Waals surface area contributed by atoms with Crippen LogP contribution < -0.4 is 5.56 Å². The zero-order valence-electron chi connectivity index (χ0n) is 9.12. The molecule has 0 N–H and O–H groups in total. The summed E-state index contributed by atoms with van der Waals surface area (Å²) < 4.78 is 2.28. The van der Waals surface area contributed by atoms with Crippen LogP contribution in [0.3, 0.4) is 0 Å². The highest BCUT2D eigenvalue weighted by Gasteiger charge is 2.21. The predicted molar refractivity (Wildman–Crippen MR) is 72.9 cm³/mol. The van der Waals surface area contributed by atoms with Crippen molar-refractivity contribution in [3.05, 3.63) is 25.4 Å². The van der Waals surface area contributed by atoms with Gasteiger partial charge in [-0.1, -0.05) is 18.5 Å². The van der Waals surface area contributed by atoms with Crippen molar-refractivity contribution in [3.63, 3.8) is 0 Å². The molecule has 1 aliphatic rings. The third-order valence-electron chi connectivity index (χ3n) is 3.28. The zero-order chi connectivity index (χ0) is 11.7. The molecule has 16 heavy (non-hydrogen) atoms. The van der Waals surface area contributed by atoms with Crippen molar-refractivity contribution in [2.45, 2.75) is 38.6 Å². The summed E-state index contributed by atoms with van der Waals surface area (Å²) in [6.07, 6.45) is 6.11. The minimum absolute atomic E-state index is 0.000142. The van der Waals surface area contributed by atoms with E-state index in [2.05, 4.69) is 11.9 Å². The van der Waals surface area contributed by atoms with Crippen LogP contribution in [0.25, 0.3) is 0 Å². The normalized spacial score (nSPS) is 25.7. The van der Waals surface area contributed by atoms with Crippen LogP contribution in [0.5, 0.6) is 0 Å². The molecule has 1 saturated carbocycles. The van der Waals surface area contributed by atoms with Gasteiger partial charge in [-0.3, -0.25) is 9.36 Å². The van der Waals surface area contributed by atoms with Gasteiger partial charge in [0.1, 0.15) is 8.72 Å². The van der Waals surface area contributed by atoms with Crippen LogP contribution in [-0.2, 0) is 0 Å². The second-order valence-electron chi connectivity index (χ2n) is 4.48. The maximum atomic E-state index is 12.0. The van der Waals surface area contributed by atoms with E-state index in [4.69, 9.17) is 11.6 Å². The molecule has 0 saturated heterocycles. The van der Waals surface area contributed by atoms with Crippen LogP contribution in [0.2, 0.25) is 5.15 Å². The summed E-state index contributed by atoms with van der Waals surface area (Å²) in [7, 11) is 0. The van der Waals surface area contributed by atoms with Gasteiger partial charge in [0.2, 0.25) is 0 Å². The van der Waals surface area contributed by atoms with E-state index in [1.165, 1.54) is 12.8 Å². The monoisotopic (exact) mass is 352 g/mol. The third kappa shape index (κ3) is 2.42. The first-order chi connectivity index (χ1) is 7.59. The first-order valence-electron chi connectivity index (χ1n) is 5.51. The van der Waals surface area contributed by atoms with E-state index < -0.39 is 0 Å². The number of hydrogen-bond donors (Lipinski definition) is 0. The molecule has 0 unspecified atom stereocenters. The van der Waals surface area contributed by atoms with Gasteiger partial charge in [0.25, 0.3) is 5.56 Å². The highest BCUT2D eigenvalue weighted by atomic mass is 127. The Morgan fingerprint density at radius 2 is 2.06 bits per heavy atom. The summed E-state index contributed by atoms with van der Waals surface area (Å²) in [4.78, 5) is 16.1. The van der Waals surface area contributed by atoms with Crippen LogP contribution in [0.15, 0.2) is 11.1 Å². The molecule has 0 spiro atoms. The average Bonchev–Trinajstić information content (AvgIpc) is 2.28. The first kappa shape index (κ1) is 12.4. The van der Waals surface area contributed by atoms with E-state index in [1.807, 2.05) is 22.6 Å². The smallest absolute Gasteiger partial charge is 0.268 e.